The van der Waals surface area contributed by atoms with Gasteiger partial charge in [0.15, 0.2) is 0 Å². The molecule has 5 heteroatoms. The Morgan fingerprint density at radius 2 is 2.15 bits per heavy atom. The molecule has 0 spiro atoms. The van der Waals surface area contributed by atoms with Crippen molar-refractivity contribution < 1.29 is 14.3 Å². The molecule has 1 atom stereocenters. The Bertz CT molecular complexity index is 476. The summed E-state index contributed by atoms with van der Waals surface area (Å²) in [5.74, 6) is 1.87. The van der Waals surface area contributed by atoms with Gasteiger partial charge >= 0.3 is 6.03 Å². The van der Waals surface area contributed by atoms with Gasteiger partial charge in [0, 0.05) is 19.2 Å². The highest BCUT2D eigenvalue weighted by Gasteiger charge is 2.21. The number of carbonyl (C=O) groups is 1. The number of piperidine rings is 1. The van der Waals surface area contributed by atoms with E-state index in [2.05, 4.69) is 12.2 Å². The number of urea groups is 1. The van der Waals surface area contributed by atoms with Crippen molar-refractivity contribution in [3.63, 3.8) is 0 Å². The lowest BCUT2D eigenvalue weighted by Gasteiger charge is -2.31. The quantitative estimate of drug-likeness (QED) is 0.924. The zero-order chi connectivity index (χ0) is 14.5. The summed E-state index contributed by atoms with van der Waals surface area (Å²) in [6.45, 7) is 3.78. The van der Waals surface area contributed by atoms with E-state index >= 15 is 0 Å². The van der Waals surface area contributed by atoms with Crippen molar-refractivity contribution in [2.75, 3.05) is 32.6 Å². The van der Waals surface area contributed by atoms with Crippen LogP contribution in [-0.2, 0) is 0 Å². The van der Waals surface area contributed by atoms with Gasteiger partial charge in [0.1, 0.15) is 11.5 Å². The number of likely N-dealkylation sites (tertiary alicyclic amines) is 1. The van der Waals surface area contributed by atoms with E-state index < -0.39 is 0 Å². The molecule has 1 N–H and O–H groups in total. The molecule has 2 rings (SSSR count). The molecule has 1 aliphatic rings. The van der Waals surface area contributed by atoms with E-state index in [1.807, 2.05) is 4.90 Å². The van der Waals surface area contributed by atoms with Crippen LogP contribution in [0.2, 0.25) is 0 Å². The maximum Gasteiger partial charge on any atom is 0.321 e. The van der Waals surface area contributed by atoms with Crippen molar-refractivity contribution in [3.05, 3.63) is 18.2 Å². The first-order chi connectivity index (χ1) is 9.63. The number of amides is 2. The molecule has 5 nitrogen and oxygen atoms in total. The molecule has 0 saturated carbocycles. The van der Waals surface area contributed by atoms with E-state index in [4.69, 9.17) is 9.47 Å². The second kappa shape index (κ2) is 6.50. The Morgan fingerprint density at radius 1 is 1.35 bits per heavy atom. The summed E-state index contributed by atoms with van der Waals surface area (Å²) in [6.07, 6.45) is 2.25. The maximum absolute atomic E-state index is 12.3. The molecule has 2 amide bonds. The van der Waals surface area contributed by atoms with Crippen LogP contribution in [0.25, 0.3) is 0 Å². The summed E-state index contributed by atoms with van der Waals surface area (Å²) >= 11 is 0. The Labute approximate surface area is 119 Å². The fourth-order valence-corrected chi connectivity index (χ4v) is 2.48. The van der Waals surface area contributed by atoms with Crippen LogP contribution >= 0.6 is 0 Å². The van der Waals surface area contributed by atoms with Crippen LogP contribution in [0, 0.1) is 5.92 Å². The van der Waals surface area contributed by atoms with E-state index in [9.17, 15) is 4.79 Å². The highest BCUT2D eigenvalue weighted by molar-refractivity contribution is 5.91. The zero-order valence-corrected chi connectivity index (χ0v) is 12.3. The summed E-state index contributed by atoms with van der Waals surface area (Å²) in [4.78, 5) is 14.2. The van der Waals surface area contributed by atoms with E-state index in [0.29, 0.717) is 23.1 Å². The van der Waals surface area contributed by atoms with Gasteiger partial charge in [0.2, 0.25) is 0 Å². The molecular weight excluding hydrogens is 256 g/mol. The van der Waals surface area contributed by atoms with Gasteiger partial charge in [-0.1, -0.05) is 6.92 Å². The van der Waals surface area contributed by atoms with Crippen LogP contribution in [0.1, 0.15) is 19.8 Å². The van der Waals surface area contributed by atoms with E-state index in [1.165, 1.54) is 6.42 Å². The average molecular weight is 278 g/mol. The Balaban J connectivity index is 2.10. The third-order valence-electron chi connectivity index (χ3n) is 3.59. The lowest BCUT2D eigenvalue weighted by Crippen LogP contribution is -2.41. The smallest absolute Gasteiger partial charge is 0.321 e. The van der Waals surface area contributed by atoms with Gasteiger partial charge in [-0.2, -0.15) is 0 Å². The lowest BCUT2D eigenvalue weighted by molar-refractivity contribution is 0.182. The van der Waals surface area contributed by atoms with Crippen LogP contribution in [0.5, 0.6) is 11.5 Å². The van der Waals surface area contributed by atoms with Crippen molar-refractivity contribution >= 4 is 11.7 Å². The van der Waals surface area contributed by atoms with Gasteiger partial charge in [-0.15, -0.1) is 0 Å². The summed E-state index contributed by atoms with van der Waals surface area (Å²) in [6, 6.07) is 5.28. The third-order valence-corrected chi connectivity index (χ3v) is 3.59. The van der Waals surface area contributed by atoms with Crippen molar-refractivity contribution in [1.29, 1.82) is 0 Å². The summed E-state index contributed by atoms with van der Waals surface area (Å²) in [5.41, 5.74) is 0.634. The minimum absolute atomic E-state index is 0.0805. The van der Waals surface area contributed by atoms with Crippen molar-refractivity contribution in [1.82, 2.24) is 4.90 Å². The topological polar surface area (TPSA) is 50.8 Å². The van der Waals surface area contributed by atoms with Gasteiger partial charge < -0.3 is 19.7 Å². The second-order valence-corrected chi connectivity index (χ2v) is 5.19. The molecule has 0 aromatic heterocycles. The normalized spacial score (nSPS) is 18.6. The molecule has 0 bridgehead atoms. The average Bonchev–Trinajstić information content (AvgIpc) is 2.47. The van der Waals surface area contributed by atoms with Gasteiger partial charge in [0.25, 0.3) is 0 Å². The van der Waals surface area contributed by atoms with E-state index in [0.717, 1.165) is 19.5 Å². The first-order valence-corrected chi connectivity index (χ1v) is 6.92. The molecule has 1 aromatic rings. The number of hydrogen-bond donors (Lipinski definition) is 1. The number of methoxy groups -OCH3 is 2. The van der Waals surface area contributed by atoms with Crippen molar-refractivity contribution in [3.8, 4) is 11.5 Å². The molecule has 1 saturated heterocycles. The zero-order valence-electron chi connectivity index (χ0n) is 12.3. The molecule has 0 radical (unpaired) electrons. The number of benzene rings is 1. The molecule has 0 aliphatic carbocycles. The minimum Gasteiger partial charge on any atom is -0.497 e. The number of hydrogen-bond acceptors (Lipinski definition) is 3. The number of nitrogens with zero attached hydrogens (tertiary/aromatic N) is 1. The van der Waals surface area contributed by atoms with Crippen LogP contribution < -0.4 is 14.8 Å². The number of rotatable bonds is 3. The number of nitrogens with one attached hydrogen (secondary N) is 1. The van der Waals surface area contributed by atoms with Crippen LogP contribution in [-0.4, -0.2) is 38.2 Å². The Morgan fingerprint density at radius 3 is 2.80 bits per heavy atom. The van der Waals surface area contributed by atoms with E-state index in [1.54, 1.807) is 32.4 Å². The molecule has 1 heterocycles. The van der Waals surface area contributed by atoms with Gasteiger partial charge in [-0.25, -0.2) is 4.79 Å². The molecule has 1 fully saturated rings. The SMILES string of the molecule is COc1ccc(OC)c(NC(=O)N2CCC[C@H](C)C2)c1. The fourth-order valence-electron chi connectivity index (χ4n) is 2.48. The molecule has 0 unspecified atom stereocenters. The van der Waals surface area contributed by atoms with Crippen LogP contribution in [0.4, 0.5) is 10.5 Å². The standard InChI is InChI=1S/C15H22N2O3/c1-11-5-4-8-17(10-11)15(18)16-13-9-12(19-2)6-7-14(13)20-3/h6-7,9,11H,4-5,8,10H2,1-3H3,(H,16,18)/t11-/m0/s1. The van der Waals surface area contributed by atoms with E-state index in [-0.39, 0.29) is 6.03 Å². The van der Waals surface area contributed by atoms with Crippen LogP contribution in [0.3, 0.4) is 0 Å². The number of ether oxygens (including phenoxy) is 2. The monoisotopic (exact) mass is 278 g/mol. The highest BCUT2D eigenvalue weighted by atomic mass is 16.5. The predicted molar refractivity (Wildman–Crippen MR) is 78.5 cm³/mol. The second-order valence-electron chi connectivity index (χ2n) is 5.19. The van der Waals surface area contributed by atoms with Gasteiger partial charge in [-0.05, 0) is 30.9 Å². The maximum atomic E-state index is 12.3. The largest absolute Gasteiger partial charge is 0.497 e. The Hall–Kier alpha value is -1.91. The summed E-state index contributed by atoms with van der Waals surface area (Å²) in [5, 5.41) is 2.91. The third kappa shape index (κ3) is 3.35. The molecular formula is C15H22N2O3. The lowest BCUT2D eigenvalue weighted by atomic mass is 10.0. The van der Waals surface area contributed by atoms with Crippen molar-refractivity contribution in [2.45, 2.75) is 19.8 Å². The molecule has 20 heavy (non-hydrogen) atoms. The first-order valence-electron chi connectivity index (χ1n) is 6.92. The number of carbonyl (C=O) groups excluding carboxylic acids is 1. The predicted octanol–water partition coefficient (Wildman–Crippen LogP) is 2.97. The van der Waals surface area contributed by atoms with Crippen LogP contribution in [0.15, 0.2) is 18.2 Å². The minimum atomic E-state index is -0.0805. The Kier molecular flexibility index (Phi) is 4.71. The molecule has 1 aromatic carbocycles. The molecule has 110 valence electrons. The summed E-state index contributed by atoms with van der Waals surface area (Å²) < 4.78 is 10.4. The van der Waals surface area contributed by atoms with Gasteiger partial charge in [-0.3, -0.25) is 0 Å². The van der Waals surface area contributed by atoms with Gasteiger partial charge in [0.05, 0.1) is 19.9 Å². The van der Waals surface area contributed by atoms with Crippen molar-refractivity contribution in [2.24, 2.45) is 5.92 Å². The highest BCUT2D eigenvalue weighted by Crippen LogP contribution is 2.29. The fraction of sp³-hybridized carbons (Fsp3) is 0.533. The first kappa shape index (κ1) is 14.5. The number of anilines is 1. The summed E-state index contributed by atoms with van der Waals surface area (Å²) in [7, 11) is 3.18. The molecule has 1 aliphatic heterocycles.